The van der Waals surface area contributed by atoms with Crippen LogP contribution in [0.2, 0.25) is 0 Å². The van der Waals surface area contributed by atoms with Crippen molar-refractivity contribution in [2.75, 3.05) is 10.6 Å². The van der Waals surface area contributed by atoms with E-state index in [-0.39, 0.29) is 11.9 Å². The van der Waals surface area contributed by atoms with E-state index in [2.05, 4.69) is 20.6 Å². The lowest BCUT2D eigenvalue weighted by Gasteiger charge is -2.16. The molecule has 0 saturated carbocycles. The second kappa shape index (κ2) is 7.15. The number of nitrogens with one attached hydrogen (secondary N) is 2. The fraction of sp³-hybridized carbons (Fsp3) is 0.375. The quantitative estimate of drug-likeness (QED) is 0.705. The van der Waals surface area contributed by atoms with Crippen molar-refractivity contribution in [1.29, 1.82) is 0 Å². The van der Waals surface area contributed by atoms with E-state index in [4.69, 9.17) is 4.65 Å². The zero-order valence-corrected chi connectivity index (χ0v) is 13.7. The van der Waals surface area contributed by atoms with Crippen molar-refractivity contribution in [3.63, 3.8) is 0 Å². The minimum absolute atomic E-state index is 0.167. The molecule has 24 heavy (non-hydrogen) atoms. The summed E-state index contributed by atoms with van der Waals surface area (Å²) in [5, 5.41) is 15.8. The third-order valence-electron chi connectivity index (χ3n) is 4.13. The first kappa shape index (κ1) is 16.7. The first-order valence-corrected chi connectivity index (χ1v) is 8.09. The summed E-state index contributed by atoms with van der Waals surface area (Å²) in [6, 6.07) is 5.63. The molecule has 0 bridgehead atoms. The fourth-order valence-corrected chi connectivity index (χ4v) is 2.65. The Labute approximate surface area is 140 Å². The summed E-state index contributed by atoms with van der Waals surface area (Å²) in [4.78, 5) is 8.21. The highest BCUT2D eigenvalue weighted by molar-refractivity contribution is 6.61. The summed E-state index contributed by atoms with van der Waals surface area (Å²) < 4.78 is 19.1. The third-order valence-corrected chi connectivity index (χ3v) is 4.13. The van der Waals surface area contributed by atoms with E-state index in [1.165, 1.54) is 0 Å². The number of nitrogens with zero attached hydrogens (tertiary/aromatic N) is 2. The second-order valence-electron chi connectivity index (χ2n) is 5.75. The molecule has 0 radical (unpaired) electrons. The lowest BCUT2D eigenvalue weighted by Crippen LogP contribution is -2.27. The topological polar surface area (TPSA) is 79.3 Å². The Morgan fingerprint density at radius 3 is 2.92 bits per heavy atom. The molecule has 2 aromatic rings. The van der Waals surface area contributed by atoms with E-state index in [0.29, 0.717) is 12.6 Å². The van der Waals surface area contributed by atoms with Gasteiger partial charge in [-0.3, -0.25) is 0 Å². The molecule has 1 aliphatic heterocycles. The lowest BCUT2D eigenvalue weighted by molar-refractivity contribution is 0.275. The number of fused-ring (bicyclic) bond motifs is 1. The molecular weight excluding hydrogens is 310 g/mol. The first-order chi connectivity index (χ1) is 11.6. The summed E-state index contributed by atoms with van der Waals surface area (Å²) in [7, 11) is -0.869. The summed E-state index contributed by atoms with van der Waals surface area (Å²) in [5.41, 5.74) is 2.42. The Hall–Kier alpha value is -2.19. The smallest absolute Gasteiger partial charge is 0.423 e. The van der Waals surface area contributed by atoms with Crippen LogP contribution >= 0.6 is 0 Å². The number of benzene rings is 1. The van der Waals surface area contributed by atoms with Crippen LogP contribution in [0.1, 0.15) is 32.3 Å². The fourth-order valence-electron chi connectivity index (χ4n) is 2.65. The van der Waals surface area contributed by atoms with Crippen LogP contribution in [0.25, 0.3) is 0 Å². The summed E-state index contributed by atoms with van der Waals surface area (Å²) in [6.45, 7) is 4.44. The zero-order chi connectivity index (χ0) is 17.1. The maximum absolute atomic E-state index is 13.9. The van der Waals surface area contributed by atoms with Crippen molar-refractivity contribution in [1.82, 2.24) is 9.97 Å². The molecule has 0 spiro atoms. The van der Waals surface area contributed by atoms with Gasteiger partial charge >= 0.3 is 7.12 Å². The summed E-state index contributed by atoms with van der Waals surface area (Å²) >= 11 is 0. The number of hydrogen-bond donors (Lipinski definition) is 3. The van der Waals surface area contributed by atoms with Gasteiger partial charge < -0.3 is 20.3 Å². The molecule has 1 aliphatic rings. The molecular formula is C16H20BFN4O2. The van der Waals surface area contributed by atoms with Crippen molar-refractivity contribution < 1.29 is 14.1 Å². The van der Waals surface area contributed by atoms with Crippen LogP contribution in [0.5, 0.6) is 0 Å². The maximum atomic E-state index is 13.9. The van der Waals surface area contributed by atoms with Gasteiger partial charge in [0.15, 0.2) is 11.6 Å². The van der Waals surface area contributed by atoms with Crippen LogP contribution in [-0.2, 0) is 11.3 Å². The van der Waals surface area contributed by atoms with Crippen LogP contribution < -0.4 is 16.1 Å². The zero-order valence-electron chi connectivity index (χ0n) is 13.7. The van der Waals surface area contributed by atoms with E-state index < -0.39 is 12.9 Å². The largest absolute Gasteiger partial charge is 0.491 e. The van der Waals surface area contributed by atoms with Gasteiger partial charge in [-0.05, 0) is 36.0 Å². The Balaban J connectivity index is 1.78. The van der Waals surface area contributed by atoms with Gasteiger partial charge in [-0.1, -0.05) is 19.9 Å². The van der Waals surface area contributed by atoms with Gasteiger partial charge in [0.05, 0.1) is 12.8 Å². The minimum Gasteiger partial charge on any atom is -0.423 e. The maximum Gasteiger partial charge on any atom is 0.491 e. The standard InChI is InChI=1S/C16H20BFN4O2/c1-3-11(4-2)20-15-14(18)8-19-16(22-15)21-12-5-6-13-10(7-12)9-24-17(13)23/h5-8,11,23H,3-4,9H2,1-2H3,(H2,19,20,21,22). The molecule has 0 saturated heterocycles. The minimum atomic E-state index is -0.869. The van der Waals surface area contributed by atoms with E-state index in [9.17, 15) is 9.41 Å². The Bertz CT molecular complexity index is 727. The molecule has 0 amide bonds. The van der Waals surface area contributed by atoms with Gasteiger partial charge in [-0.15, -0.1) is 0 Å². The SMILES string of the molecule is CCC(CC)Nc1nc(Nc2ccc3c(c2)COB3O)ncc1F. The third kappa shape index (κ3) is 3.49. The van der Waals surface area contributed by atoms with E-state index >= 15 is 0 Å². The number of rotatable bonds is 6. The van der Waals surface area contributed by atoms with Crippen molar-refractivity contribution in [2.24, 2.45) is 0 Å². The molecule has 1 aromatic carbocycles. The Kier molecular flexibility index (Phi) is 4.96. The van der Waals surface area contributed by atoms with Gasteiger partial charge in [-0.25, -0.2) is 9.37 Å². The van der Waals surface area contributed by atoms with Gasteiger partial charge in [0, 0.05) is 11.7 Å². The highest BCUT2D eigenvalue weighted by Crippen LogP contribution is 2.20. The number of anilines is 3. The molecule has 1 aromatic heterocycles. The molecule has 0 aliphatic carbocycles. The molecule has 0 fully saturated rings. The van der Waals surface area contributed by atoms with Crippen molar-refractivity contribution in [3.05, 3.63) is 35.8 Å². The van der Waals surface area contributed by atoms with Gasteiger partial charge in [-0.2, -0.15) is 4.98 Å². The Morgan fingerprint density at radius 1 is 1.38 bits per heavy atom. The molecule has 8 heteroatoms. The number of hydrogen-bond acceptors (Lipinski definition) is 6. The number of halogens is 1. The Morgan fingerprint density at radius 2 is 2.17 bits per heavy atom. The summed E-state index contributed by atoms with van der Waals surface area (Å²) in [6.07, 6.45) is 2.92. The predicted octanol–water partition coefficient (Wildman–Crippen LogP) is 2.18. The highest BCUT2D eigenvalue weighted by atomic mass is 19.1. The molecule has 0 unspecified atom stereocenters. The normalized spacial score (nSPS) is 13.3. The van der Waals surface area contributed by atoms with Crippen LogP contribution in [-0.4, -0.2) is 28.2 Å². The van der Waals surface area contributed by atoms with Crippen LogP contribution in [0.3, 0.4) is 0 Å². The van der Waals surface area contributed by atoms with E-state index in [0.717, 1.165) is 35.8 Å². The second-order valence-corrected chi connectivity index (χ2v) is 5.75. The van der Waals surface area contributed by atoms with Crippen molar-refractivity contribution in [3.8, 4) is 0 Å². The van der Waals surface area contributed by atoms with Gasteiger partial charge in [0.1, 0.15) is 0 Å². The van der Waals surface area contributed by atoms with Crippen LogP contribution in [0.4, 0.5) is 21.8 Å². The molecule has 3 rings (SSSR count). The van der Waals surface area contributed by atoms with Crippen molar-refractivity contribution >= 4 is 30.0 Å². The molecule has 2 heterocycles. The average molecular weight is 330 g/mol. The van der Waals surface area contributed by atoms with Gasteiger partial charge in [0.25, 0.3) is 0 Å². The molecule has 126 valence electrons. The van der Waals surface area contributed by atoms with Crippen molar-refractivity contribution in [2.45, 2.75) is 39.3 Å². The number of aromatic nitrogens is 2. The first-order valence-electron chi connectivity index (χ1n) is 8.09. The molecule has 0 atom stereocenters. The monoisotopic (exact) mass is 330 g/mol. The average Bonchev–Trinajstić information content (AvgIpc) is 2.96. The van der Waals surface area contributed by atoms with Gasteiger partial charge in [0.2, 0.25) is 5.95 Å². The van der Waals surface area contributed by atoms with Crippen LogP contribution in [0, 0.1) is 5.82 Å². The molecule has 6 nitrogen and oxygen atoms in total. The van der Waals surface area contributed by atoms with E-state index in [1.54, 1.807) is 12.1 Å². The summed E-state index contributed by atoms with van der Waals surface area (Å²) in [5.74, 6) is 0.0308. The van der Waals surface area contributed by atoms with Crippen LogP contribution in [0.15, 0.2) is 24.4 Å². The predicted molar refractivity (Wildman–Crippen MR) is 92.1 cm³/mol. The molecule has 3 N–H and O–H groups in total. The lowest BCUT2D eigenvalue weighted by atomic mass is 9.79. The van der Waals surface area contributed by atoms with E-state index in [1.807, 2.05) is 19.9 Å². The highest BCUT2D eigenvalue weighted by Gasteiger charge is 2.27.